The first-order valence-corrected chi connectivity index (χ1v) is 13.0. The minimum absolute atomic E-state index is 0.288. The van der Waals surface area contributed by atoms with E-state index in [-0.39, 0.29) is 5.41 Å². The average Bonchev–Trinajstić information content (AvgIpc) is 3.02. The Bertz CT molecular complexity index is 816. The van der Waals surface area contributed by atoms with E-state index in [0.29, 0.717) is 36.7 Å². The van der Waals surface area contributed by atoms with Crippen LogP contribution in [0.4, 0.5) is 0 Å². The minimum Gasteiger partial charge on any atom is -0.389 e. The highest BCUT2D eigenvalue weighted by molar-refractivity contribution is 5.32. The van der Waals surface area contributed by atoms with Crippen molar-refractivity contribution in [3.63, 3.8) is 0 Å². The van der Waals surface area contributed by atoms with Gasteiger partial charge in [-0.3, -0.25) is 0 Å². The number of hydrogen-bond donors (Lipinski definition) is 3. The van der Waals surface area contributed by atoms with Gasteiger partial charge in [0.25, 0.3) is 0 Å². The van der Waals surface area contributed by atoms with Gasteiger partial charge in [-0.1, -0.05) is 44.2 Å². The summed E-state index contributed by atoms with van der Waals surface area (Å²) in [5.41, 5.74) is -0.940. The third-order valence-electron chi connectivity index (χ3n) is 10.9. The van der Waals surface area contributed by atoms with Crippen molar-refractivity contribution in [2.45, 2.75) is 88.9 Å². The van der Waals surface area contributed by atoms with Gasteiger partial charge in [0.2, 0.25) is 0 Å². The van der Waals surface area contributed by atoms with E-state index in [0.717, 1.165) is 44.4 Å². The summed E-state index contributed by atoms with van der Waals surface area (Å²) >= 11 is 0. The van der Waals surface area contributed by atoms with Crippen LogP contribution in [0.2, 0.25) is 0 Å². The van der Waals surface area contributed by atoms with E-state index in [9.17, 15) is 10.2 Å². The van der Waals surface area contributed by atoms with Crippen LogP contribution in [0.1, 0.15) is 77.2 Å². The second-order valence-corrected chi connectivity index (χ2v) is 11.9. The molecule has 0 spiro atoms. The molecule has 0 heterocycles. The molecular formula is C28H43NO3. The molecule has 4 heteroatoms. The highest BCUT2D eigenvalue weighted by Gasteiger charge is 2.71. The summed E-state index contributed by atoms with van der Waals surface area (Å²) in [6, 6.07) is 10.1. The van der Waals surface area contributed by atoms with Crippen LogP contribution in [0.15, 0.2) is 30.3 Å². The fourth-order valence-electron chi connectivity index (χ4n) is 8.86. The molecule has 1 aromatic carbocycles. The predicted molar refractivity (Wildman–Crippen MR) is 127 cm³/mol. The van der Waals surface area contributed by atoms with Crippen molar-refractivity contribution in [3.05, 3.63) is 35.9 Å². The Morgan fingerprint density at radius 3 is 2.47 bits per heavy atom. The first kappa shape index (κ1) is 22.8. The van der Waals surface area contributed by atoms with Crippen molar-refractivity contribution >= 4 is 0 Å². The molecule has 4 fully saturated rings. The van der Waals surface area contributed by atoms with Gasteiger partial charge in [0.05, 0.1) is 23.9 Å². The Morgan fingerprint density at radius 1 is 0.938 bits per heavy atom. The second kappa shape index (κ2) is 8.08. The van der Waals surface area contributed by atoms with Crippen LogP contribution in [0, 0.1) is 28.6 Å². The predicted octanol–water partition coefficient (Wildman–Crippen LogP) is 4.64. The van der Waals surface area contributed by atoms with Crippen LogP contribution in [-0.4, -0.2) is 42.1 Å². The maximum absolute atomic E-state index is 12.4. The normalized spacial score (nSPS) is 48.0. The summed E-state index contributed by atoms with van der Waals surface area (Å²) in [7, 11) is 1.98. The number of likely N-dealkylation sites (N-methyl/N-ethyl adjacent to an activating group) is 1. The van der Waals surface area contributed by atoms with Crippen LogP contribution in [0.25, 0.3) is 0 Å². The number of ether oxygens (including phenoxy) is 1. The topological polar surface area (TPSA) is 61.7 Å². The Kier molecular flexibility index (Phi) is 5.76. The lowest BCUT2D eigenvalue weighted by Crippen LogP contribution is -2.64. The molecule has 0 unspecified atom stereocenters. The zero-order valence-electron chi connectivity index (χ0n) is 20.3. The smallest absolute Gasteiger partial charge is 0.0978 e. The molecule has 5 rings (SSSR count). The molecule has 178 valence electrons. The molecule has 0 radical (unpaired) electrons. The molecule has 4 nitrogen and oxygen atoms in total. The quantitative estimate of drug-likeness (QED) is 0.583. The van der Waals surface area contributed by atoms with E-state index in [2.05, 4.69) is 31.3 Å². The van der Waals surface area contributed by atoms with Gasteiger partial charge in [-0.2, -0.15) is 0 Å². The molecule has 0 saturated heterocycles. The van der Waals surface area contributed by atoms with Gasteiger partial charge < -0.3 is 20.3 Å². The van der Waals surface area contributed by atoms with Crippen LogP contribution >= 0.6 is 0 Å². The molecular weight excluding hydrogens is 398 g/mol. The lowest BCUT2D eigenvalue weighted by Gasteiger charge is -2.64. The van der Waals surface area contributed by atoms with Gasteiger partial charge in [-0.05, 0) is 93.6 Å². The number of hydrogen-bond acceptors (Lipinski definition) is 4. The standard InChI is InChI=1S/C28H43NO3/c1-25-13-11-22(32-18-17-29-3)19-21(25)9-10-24-23(25)12-14-26(2)27(30,15-16-28(24,26)31)20-7-5-4-6-8-20/h4-8,21-24,29-31H,9-19H2,1-3H3/t21-,22+,23+,24-,25+,26-,27+,28+/m1/s1. The van der Waals surface area contributed by atoms with Gasteiger partial charge in [-0.25, -0.2) is 0 Å². The SMILES string of the molecule is CNCCO[C@H]1CC[C@@]2(C)[C@H](CC[C@@H]3[C@@H]2CC[C@]2(C)[C@@](O)(c4ccccc4)CC[C@]32O)C1. The summed E-state index contributed by atoms with van der Waals surface area (Å²) in [4.78, 5) is 0. The van der Waals surface area contributed by atoms with Crippen molar-refractivity contribution < 1.29 is 14.9 Å². The van der Waals surface area contributed by atoms with Gasteiger partial charge in [0.1, 0.15) is 0 Å². The molecule has 4 aliphatic carbocycles. The third-order valence-corrected chi connectivity index (χ3v) is 10.9. The molecule has 4 aliphatic rings. The highest BCUT2D eigenvalue weighted by atomic mass is 16.5. The fraction of sp³-hybridized carbons (Fsp3) is 0.786. The molecule has 0 bridgehead atoms. The molecule has 0 aromatic heterocycles. The van der Waals surface area contributed by atoms with Crippen molar-refractivity contribution in [2.75, 3.05) is 20.2 Å². The number of aliphatic hydroxyl groups is 2. The Hall–Kier alpha value is -0.940. The zero-order valence-corrected chi connectivity index (χ0v) is 20.3. The maximum Gasteiger partial charge on any atom is 0.0978 e. The lowest BCUT2D eigenvalue weighted by molar-refractivity contribution is -0.239. The monoisotopic (exact) mass is 441 g/mol. The summed E-state index contributed by atoms with van der Waals surface area (Å²) in [6.45, 7) is 6.42. The molecule has 4 saturated carbocycles. The summed E-state index contributed by atoms with van der Waals surface area (Å²) in [5.74, 6) is 1.54. The Balaban J connectivity index is 1.39. The number of benzene rings is 1. The lowest BCUT2D eigenvalue weighted by atomic mass is 9.43. The minimum atomic E-state index is -0.940. The van der Waals surface area contributed by atoms with E-state index < -0.39 is 16.6 Å². The average molecular weight is 442 g/mol. The molecule has 0 aliphatic heterocycles. The van der Waals surface area contributed by atoms with E-state index >= 15 is 0 Å². The zero-order chi connectivity index (χ0) is 22.6. The van der Waals surface area contributed by atoms with E-state index in [1.54, 1.807) is 0 Å². The molecule has 32 heavy (non-hydrogen) atoms. The van der Waals surface area contributed by atoms with Crippen molar-refractivity contribution in [3.8, 4) is 0 Å². The maximum atomic E-state index is 12.4. The van der Waals surface area contributed by atoms with Crippen molar-refractivity contribution in [2.24, 2.45) is 28.6 Å². The van der Waals surface area contributed by atoms with Crippen molar-refractivity contribution in [1.82, 2.24) is 5.32 Å². The van der Waals surface area contributed by atoms with Crippen LogP contribution in [0.5, 0.6) is 0 Å². The molecule has 0 amide bonds. The van der Waals surface area contributed by atoms with Gasteiger partial charge in [-0.15, -0.1) is 0 Å². The van der Waals surface area contributed by atoms with Gasteiger partial charge >= 0.3 is 0 Å². The highest BCUT2D eigenvalue weighted by Crippen LogP contribution is 2.71. The number of fused-ring (bicyclic) bond motifs is 5. The molecule has 3 N–H and O–H groups in total. The molecule has 1 aromatic rings. The Morgan fingerprint density at radius 2 is 1.72 bits per heavy atom. The van der Waals surface area contributed by atoms with E-state index in [1.165, 1.54) is 19.3 Å². The van der Waals surface area contributed by atoms with E-state index in [1.807, 2.05) is 25.2 Å². The number of nitrogens with one attached hydrogen (secondary N) is 1. The first-order valence-electron chi connectivity index (χ1n) is 13.0. The summed E-state index contributed by atoms with van der Waals surface area (Å²) < 4.78 is 6.19. The first-order chi connectivity index (χ1) is 15.3. The third kappa shape index (κ3) is 3.09. The number of rotatable bonds is 5. The summed E-state index contributed by atoms with van der Waals surface area (Å²) in [6.07, 6.45) is 9.59. The largest absolute Gasteiger partial charge is 0.389 e. The second-order valence-electron chi connectivity index (χ2n) is 11.9. The Labute approximate surface area is 194 Å². The van der Waals surface area contributed by atoms with Crippen molar-refractivity contribution in [1.29, 1.82) is 0 Å². The fourth-order valence-corrected chi connectivity index (χ4v) is 8.86. The summed E-state index contributed by atoms with van der Waals surface area (Å²) in [5, 5.41) is 27.6. The van der Waals surface area contributed by atoms with E-state index in [4.69, 9.17) is 4.74 Å². The van der Waals surface area contributed by atoms with Gasteiger partial charge in [0, 0.05) is 12.0 Å². The van der Waals surface area contributed by atoms with Crippen LogP contribution in [0.3, 0.4) is 0 Å². The van der Waals surface area contributed by atoms with Crippen LogP contribution in [-0.2, 0) is 10.3 Å². The van der Waals surface area contributed by atoms with Crippen LogP contribution < -0.4 is 5.32 Å². The molecule has 8 atom stereocenters. The van der Waals surface area contributed by atoms with Gasteiger partial charge in [0.15, 0.2) is 0 Å².